The number of allylic oxidation sites excluding steroid dienone is 2. The molecule has 70 heavy (non-hydrogen) atoms. The van der Waals surface area contributed by atoms with Gasteiger partial charge in [0.1, 0.15) is 0 Å². The molecule has 8 aromatic carbocycles. The first kappa shape index (κ1) is 47.6. The second-order valence-corrected chi connectivity index (χ2v) is 45.1. The van der Waals surface area contributed by atoms with Gasteiger partial charge in [-0.25, -0.2) is 0 Å². The Bertz CT molecular complexity index is 3070. The van der Waals surface area contributed by atoms with Crippen molar-refractivity contribution in [1.82, 2.24) is 0 Å². The summed E-state index contributed by atoms with van der Waals surface area (Å²) in [6.45, 7) is 23.3. The Hall–Kier alpha value is -6.06. The first-order valence-electron chi connectivity index (χ1n) is 25.1. The van der Waals surface area contributed by atoms with Crippen LogP contribution in [0.3, 0.4) is 0 Å². The van der Waals surface area contributed by atoms with Crippen molar-refractivity contribution in [3.63, 3.8) is 0 Å². The van der Waals surface area contributed by atoms with Crippen LogP contribution in [0.5, 0.6) is 11.5 Å². The van der Waals surface area contributed by atoms with Crippen LogP contribution in [0.1, 0.15) is 111 Å². The minimum atomic E-state index is -7.17. The topological polar surface area (TPSA) is 18.5 Å². The van der Waals surface area contributed by atoms with E-state index in [-0.39, 0.29) is 10.8 Å². The molecule has 4 heteroatoms. The van der Waals surface area contributed by atoms with Gasteiger partial charge in [-0.15, -0.1) is 0 Å². The van der Waals surface area contributed by atoms with Crippen molar-refractivity contribution in [3.05, 3.63) is 273 Å². The fraction of sp³-hybridized carbons (Fsp3) is 0.212. The summed E-state index contributed by atoms with van der Waals surface area (Å²) in [6.07, 6.45) is 4.98. The van der Waals surface area contributed by atoms with E-state index in [0.717, 1.165) is 22.6 Å². The third kappa shape index (κ3) is 6.95. The van der Waals surface area contributed by atoms with Crippen molar-refractivity contribution in [3.8, 4) is 11.5 Å². The van der Waals surface area contributed by atoms with Crippen molar-refractivity contribution in [2.24, 2.45) is 0 Å². The summed E-state index contributed by atoms with van der Waals surface area (Å²) in [6, 6.07) is 78.3. The van der Waals surface area contributed by atoms with Gasteiger partial charge in [0.05, 0.1) is 0 Å². The van der Waals surface area contributed by atoms with Crippen LogP contribution in [0.2, 0.25) is 0 Å². The maximum atomic E-state index is 9.68. The summed E-state index contributed by atoms with van der Waals surface area (Å²) in [5.74, 6) is -1.37. The molecule has 0 aliphatic heterocycles. The molecule has 0 saturated heterocycles. The average Bonchev–Trinajstić information content (AvgIpc) is 3.84. The number of aryl methyl sites for hydroxylation is 2. The van der Waals surface area contributed by atoms with Gasteiger partial charge in [0.2, 0.25) is 0 Å². The van der Waals surface area contributed by atoms with Crippen LogP contribution in [-0.2, 0) is 35.9 Å². The first-order chi connectivity index (χ1) is 33.6. The minimum absolute atomic E-state index is 0.312. The van der Waals surface area contributed by atoms with Crippen LogP contribution in [0.4, 0.5) is 0 Å². The van der Waals surface area contributed by atoms with E-state index in [0.29, 0.717) is 0 Å². The van der Waals surface area contributed by atoms with Gasteiger partial charge >= 0.3 is 424 Å². The molecule has 0 heterocycles. The molecule has 351 valence electrons. The fourth-order valence-electron chi connectivity index (χ4n) is 13.3. The molecule has 0 saturated carbocycles. The van der Waals surface area contributed by atoms with Gasteiger partial charge < -0.3 is 0 Å². The monoisotopic (exact) mass is 1010 g/mol. The molecule has 10 rings (SSSR count). The van der Waals surface area contributed by atoms with Crippen LogP contribution in [0.25, 0.3) is 12.2 Å². The SMILES string of the molecule is CC1=Cc2ccccc2[C]1(c1ccccc1)[Zr]([O]c1ccc(C)cc1C(C)(C)C)([O]c1ccc(C)cc1C(C)(C)C)([SiH](c1ccccc1)c1ccccc1)[C]1(c2ccccc2)C(C)=Cc2ccccc21. The Labute approximate surface area is 420 Å². The quantitative estimate of drug-likeness (QED) is 0.120. The molecule has 0 aromatic heterocycles. The number of hydrogen-bond acceptors (Lipinski definition) is 2. The van der Waals surface area contributed by atoms with Gasteiger partial charge in [-0.3, -0.25) is 0 Å². The summed E-state index contributed by atoms with van der Waals surface area (Å²) in [4.78, 5) is 0. The van der Waals surface area contributed by atoms with Crippen molar-refractivity contribution < 1.29 is 24.4 Å². The Balaban J connectivity index is 1.66. The Kier molecular flexibility index (Phi) is 12.0. The van der Waals surface area contributed by atoms with Crippen molar-refractivity contribution in [2.75, 3.05) is 0 Å². The summed E-state index contributed by atoms with van der Waals surface area (Å²) in [7, 11) is 0. The zero-order valence-corrected chi connectivity index (χ0v) is 46.3. The zero-order valence-electron chi connectivity index (χ0n) is 42.7. The van der Waals surface area contributed by atoms with E-state index in [1.165, 1.54) is 66.0 Å². The van der Waals surface area contributed by atoms with Gasteiger partial charge in [0.15, 0.2) is 0 Å². The molecule has 2 nitrogen and oxygen atoms in total. The summed E-state index contributed by atoms with van der Waals surface area (Å²) < 4.78 is 17.4. The van der Waals surface area contributed by atoms with Crippen LogP contribution in [-0.4, -0.2) is 5.92 Å². The van der Waals surface area contributed by atoms with E-state index >= 15 is 0 Å². The molecule has 0 amide bonds. The van der Waals surface area contributed by atoms with E-state index in [1.54, 1.807) is 0 Å². The molecule has 0 spiro atoms. The molecule has 2 aliphatic rings. The third-order valence-electron chi connectivity index (χ3n) is 15.8. The number of hydrogen-bond donors (Lipinski definition) is 0. The summed E-state index contributed by atoms with van der Waals surface area (Å²) in [5, 5.41) is 2.57. The van der Waals surface area contributed by atoms with Gasteiger partial charge in [-0.2, -0.15) is 0 Å². The molecule has 2 aliphatic carbocycles. The van der Waals surface area contributed by atoms with Crippen molar-refractivity contribution >= 4 is 28.4 Å². The van der Waals surface area contributed by atoms with Crippen LogP contribution < -0.4 is 16.0 Å². The van der Waals surface area contributed by atoms with E-state index in [1.807, 2.05) is 0 Å². The fourth-order valence-corrected chi connectivity index (χ4v) is 62.3. The van der Waals surface area contributed by atoms with Crippen LogP contribution in [0, 0.1) is 13.8 Å². The second kappa shape index (κ2) is 17.7. The predicted molar refractivity (Wildman–Crippen MR) is 295 cm³/mol. The molecular weight excluding hydrogens is 944 g/mol. The van der Waals surface area contributed by atoms with E-state index < -0.39 is 31.0 Å². The molecule has 0 bridgehead atoms. The predicted octanol–water partition coefficient (Wildman–Crippen LogP) is 15.1. The molecule has 0 fully saturated rings. The number of fused-ring (bicyclic) bond motifs is 2. The summed E-state index contributed by atoms with van der Waals surface area (Å²) in [5.41, 5.74) is 13.8. The Morgan fingerprint density at radius 1 is 0.386 bits per heavy atom. The second-order valence-electron chi connectivity index (χ2n) is 22.2. The van der Waals surface area contributed by atoms with Crippen molar-refractivity contribution in [1.29, 1.82) is 0 Å². The average molecular weight is 1010 g/mol. The van der Waals surface area contributed by atoms with Crippen molar-refractivity contribution in [2.45, 2.75) is 86.3 Å². The summed E-state index contributed by atoms with van der Waals surface area (Å²) >= 11 is -7.17. The Morgan fingerprint density at radius 3 is 1.07 bits per heavy atom. The molecule has 8 aromatic rings. The molecule has 2 unspecified atom stereocenters. The van der Waals surface area contributed by atoms with Gasteiger partial charge in [0.25, 0.3) is 0 Å². The zero-order chi connectivity index (χ0) is 49.1. The molecule has 2 atom stereocenters. The van der Waals surface area contributed by atoms with Gasteiger partial charge in [-0.1, -0.05) is 0 Å². The molecule has 0 N–H and O–H groups in total. The Morgan fingerprint density at radius 2 is 0.714 bits per heavy atom. The van der Waals surface area contributed by atoms with Gasteiger partial charge in [-0.05, 0) is 0 Å². The van der Waals surface area contributed by atoms with E-state index in [9.17, 15) is 5.63 Å². The number of benzene rings is 8. The van der Waals surface area contributed by atoms with Crippen LogP contribution in [0.15, 0.2) is 217 Å². The first-order valence-corrected chi connectivity index (χ1v) is 35.6. The van der Waals surface area contributed by atoms with Gasteiger partial charge in [0, 0.05) is 0 Å². The van der Waals surface area contributed by atoms with E-state index in [2.05, 4.69) is 288 Å². The standard InChI is InChI=1S/2C16H13.C12H11Si.2C11H16O.Zr/c2*1-12-11-14-9-5-6-10-15(14)16(12)13-7-3-2-4-8-13;1-3-7-11(8-4-1)13-12-9-5-2-6-10-12;2*1-8-5-6-10(12)9(7-8)11(2,3)4;/h2*2-11H,1H3;1-10,13H;2*5-7,12H,1-4H3;/q;;;;;+2/p-2. The third-order valence-corrected chi connectivity index (χ3v) is 52.8. The normalized spacial score (nSPS) is 18.3. The van der Waals surface area contributed by atoms with Crippen LogP contribution >= 0.6 is 0 Å². The van der Waals surface area contributed by atoms with E-state index in [4.69, 9.17) is 0 Å². The maximum absolute atomic E-state index is 9.68. The molecular formula is C66H67O2SiZr. The number of rotatable bonds is 11. The molecule has 0 radical (unpaired) electrons.